The molecule has 5 heteroatoms. The van der Waals surface area contributed by atoms with Crippen LogP contribution in [0, 0.1) is 0 Å². The Kier molecular flexibility index (Phi) is 7.11. The molecule has 0 heterocycles. The zero-order chi connectivity index (χ0) is 12.7. The predicted molar refractivity (Wildman–Crippen MR) is 76.6 cm³/mol. The Hall–Kier alpha value is -0.100. The highest BCUT2D eigenvalue weighted by atomic mass is 79.9. The number of rotatable bonds is 7. The van der Waals surface area contributed by atoms with E-state index in [-0.39, 0.29) is 0 Å². The molecule has 0 saturated carbocycles. The number of hydrogen-bond donors (Lipinski definition) is 1. The minimum Gasteiger partial charge on any atom is -0.495 e. The average molecular weight is 367 g/mol. The predicted octanol–water partition coefficient (Wildman–Crippen LogP) is 3.35. The Morgan fingerprint density at radius 2 is 2.06 bits per heavy atom. The van der Waals surface area contributed by atoms with Crippen LogP contribution in [-0.4, -0.2) is 26.9 Å². The first-order valence-corrected chi connectivity index (χ1v) is 7.08. The number of hydrogen-bond acceptors (Lipinski definition) is 3. The van der Waals surface area contributed by atoms with Gasteiger partial charge in [0.05, 0.1) is 18.2 Å². The van der Waals surface area contributed by atoms with Crippen LogP contribution in [0.2, 0.25) is 0 Å². The standard InChI is InChI=1S/C12H17Br2NO2/c1-3-17-5-4-15-8-9-6-10(13)7-11(14)12(9)16-2/h6-7,15H,3-5,8H2,1-2H3. The van der Waals surface area contributed by atoms with Gasteiger partial charge in [-0.05, 0) is 35.0 Å². The van der Waals surface area contributed by atoms with Crippen molar-refractivity contribution in [2.45, 2.75) is 13.5 Å². The molecule has 1 aromatic carbocycles. The second kappa shape index (κ2) is 8.08. The van der Waals surface area contributed by atoms with E-state index in [0.717, 1.165) is 46.6 Å². The largest absolute Gasteiger partial charge is 0.495 e. The summed E-state index contributed by atoms with van der Waals surface area (Å²) in [6.07, 6.45) is 0. The number of methoxy groups -OCH3 is 1. The summed E-state index contributed by atoms with van der Waals surface area (Å²) >= 11 is 6.96. The van der Waals surface area contributed by atoms with Crippen LogP contribution in [0.5, 0.6) is 5.75 Å². The van der Waals surface area contributed by atoms with E-state index in [1.54, 1.807) is 7.11 Å². The molecule has 0 aliphatic rings. The summed E-state index contributed by atoms with van der Waals surface area (Å²) in [5.74, 6) is 0.872. The van der Waals surface area contributed by atoms with Gasteiger partial charge in [0, 0.05) is 29.7 Å². The molecule has 1 N–H and O–H groups in total. The molecule has 0 bridgehead atoms. The summed E-state index contributed by atoms with van der Waals surface area (Å²) in [5.41, 5.74) is 1.12. The van der Waals surface area contributed by atoms with Crippen molar-refractivity contribution in [3.8, 4) is 5.75 Å². The van der Waals surface area contributed by atoms with Crippen molar-refractivity contribution in [1.82, 2.24) is 5.32 Å². The van der Waals surface area contributed by atoms with Crippen molar-refractivity contribution in [2.75, 3.05) is 26.9 Å². The van der Waals surface area contributed by atoms with Gasteiger partial charge in [-0.25, -0.2) is 0 Å². The first-order valence-electron chi connectivity index (χ1n) is 5.49. The van der Waals surface area contributed by atoms with Gasteiger partial charge in [0.25, 0.3) is 0 Å². The maximum absolute atomic E-state index is 5.37. The topological polar surface area (TPSA) is 30.5 Å². The van der Waals surface area contributed by atoms with E-state index >= 15 is 0 Å². The van der Waals surface area contributed by atoms with E-state index in [1.165, 1.54) is 0 Å². The molecule has 0 saturated heterocycles. The Labute approximate surface area is 119 Å². The minimum atomic E-state index is 0.730. The van der Waals surface area contributed by atoms with Gasteiger partial charge < -0.3 is 14.8 Å². The highest BCUT2D eigenvalue weighted by molar-refractivity contribution is 9.11. The van der Waals surface area contributed by atoms with Gasteiger partial charge in [-0.1, -0.05) is 15.9 Å². The molecule has 3 nitrogen and oxygen atoms in total. The molecule has 1 aromatic rings. The number of halogens is 2. The minimum absolute atomic E-state index is 0.730. The highest BCUT2D eigenvalue weighted by Crippen LogP contribution is 2.32. The Bertz CT molecular complexity index is 359. The summed E-state index contributed by atoms with van der Waals surface area (Å²) in [6, 6.07) is 4.03. The van der Waals surface area contributed by atoms with Crippen LogP contribution in [0.1, 0.15) is 12.5 Å². The highest BCUT2D eigenvalue weighted by Gasteiger charge is 2.08. The molecule has 0 unspecified atom stereocenters. The molecule has 0 fully saturated rings. The fraction of sp³-hybridized carbons (Fsp3) is 0.500. The molecular weight excluding hydrogens is 350 g/mol. The van der Waals surface area contributed by atoms with E-state index in [4.69, 9.17) is 9.47 Å². The summed E-state index contributed by atoms with van der Waals surface area (Å²) in [5, 5.41) is 3.32. The SMILES string of the molecule is CCOCCNCc1cc(Br)cc(Br)c1OC. The lowest BCUT2D eigenvalue weighted by Gasteiger charge is -2.12. The van der Waals surface area contributed by atoms with Gasteiger partial charge in [0.2, 0.25) is 0 Å². The smallest absolute Gasteiger partial charge is 0.137 e. The molecule has 0 aliphatic heterocycles. The van der Waals surface area contributed by atoms with Crippen LogP contribution in [0.4, 0.5) is 0 Å². The second-order valence-corrected chi connectivity index (χ2v) is 5.22. The fourth-order valence-corrected chi connectivity index (χ4v) is 2.96. The lowest BCUT2D eigenvalue weighted by molar-refractivity contribution is 0.149. The lowest BCUT2D eigenvalue weighted by Crippen LogP contribution is -2.19. The zero-order valence-corrected chi connectivity index (χ0v) is 13.2. The Balaban J connectivity index is 2.57. The van der Waals surface area contributed by atoms with Gasteiger partial charge in [0.1, 0.15) is 5.75 Å². The number of benzene rings is 1. The van der Waals surface area contributed by atoms with Crippen LogP contribution < -0.4 is 10.1 Å². The molecule has 0 amide bonds. The van der Waals surface area contributed by atoms with E-state index in [1.807, 2.05) is 13.0 Å². The van der Waals surface area contributed by atoms with Gasteiger partial charge >= 0.3 is 0 Å². The van der Waals surface area contributed by atoms with E-state index in [2.05, 4.69) is 43.2 Å². The van der Waals surface area contributed by atoms with Crippen LogP contribution in [0.3, 0.4) is 0 Å². The van der Waals surface area contributed by atoms with Crippen molar-refractivity contribution in [1.29, 1.82) is 0 Å². The van der Waals surface area contributed by atoms with Crippen molar-refractivity contribution >= 4 is 31.9 Å². The van der Waals surface area contributed by atoms with Crippen LogP contribution in [0.15, 0.2) is 21.1 Å². The third-order valence-corrected chi connectivity index (χ3v) is 3.28. The summed E-state index contributed by atoms with van der Waals surface area (Å²) < 4.78 is 12.6. The maximum Gasteiger partial charge on any atom is 0.137 e. The van der Waals surface area contributed by atoms with Gasteiger partial charge in [-0.2, -0.15) is 0 Å². The molecule has 96 valence electrons. The zero-order valence-electron chi connectivity index (χ0n) is 10.1. The molecule has 1 rings (SSSR count). The van der Waals surface area contributed by atoms with Gasteiger partial charge in [0.15, 0.2) is 0 Å². The molecule has 17 heavy (non-hydrogen) atoms. The molecule has 0 atom stereocenters. The number of nitrogens with one attached hydrogen (secondary N) is 1. The maximum atomic E-state index is 5.37. The lowest BCUT2D eigenvalue weighted by atomic mass is 10.2. The first kappa shape index (κ1) is 15.0. The monoisotopic (exact) mass is 365 g/mol. The molecule has 0 aromatic heterocycles. The van der Waals surface area contributed by atoms with Crippen molar-refractivity contribution in [3.63, 3.8) is 0 Å². The molecule has 0 radical (unpaired) electrons. The van der Waals surface area contributed by atoms with E-state index in [0.29, 0.717) is 0 Å². The van der Waals surface area contributed by atoms with Crippen molar-refractivity contribution in [2.24, 2.45) is 0 Å². The number of ether oxygens (including phenoxy) is 2. The third-order valence-electron chi connectivity index (χ3n) is 2.23. The van der Waals surface area contributed by atoms with Crippen molar-refractivity contribution in [3.05, 3.63) is 26.6 Å². The Morgan fingerprint density at radius 3 is 2.71 bits per heavy atom. The summed E-state index contributed by atoms with van der Waals surface area (Å²) in [7, 11) is 1.68. The molecular formula is C12H17Br2NO2. The van der Waals surface area contributed by atoms with Crippen molar-refractivity contribution < 1.29 is 9.47 Å². The van der Waals surface area contributed by atoms with Crippen LogP contribution in [-0.2, 0) is 11.3 Å². The summed E-state index contributed by atoms with van der Waals surface area (Å²) in [6.45, 7) is 5.07. The van der Waals surface area contributed by atoms with Crippen LogP contribution in [0.25, 0.3) is 0 Å². The molecule has 0 aliphatic carbocycles. The normalized spacial score (nSPS) is 10.6. The first-order chi connectivity index (χ1) is 8.19. The van der Waals surface area contributed by atoms with E-state index in [9.17, 15) is 0 Å². The fourth-order valence-electron chi connectivity index (χ4n) is 1.49. The third kappa shape index (κ3) is 4.95. The van der Waals surface area contributed by atoms with Gasteiger partial charge in [-0.3, -0.25) is 0 Å². The second-order valence-electron chi connectivity index (χ2n) is 3.45. The quantitative estimate of drug-likeness (QED) is 0.750. The summed E-state index contributed by atoms with van der Waals surface area (Å²) in [4.78, 5) is 0. The van der Waals surface area contributed by atoms with Crippen LogP contribution >= 0.6 is 31.9 Å². The average Bonchev–Trinajstić information content (AvgIpc) is 2.28. The van der Waals surface area contributed by atoms with E-state index < -0.39 is 0 Å². The van der Waals surface area contributed by atoms with Gasteiger partial charge in [-0.15, -0.1) is 0 Å². The molecule has 0 spiro atoms. The Morgan fingerprint density at radius 1 is 1.29 bits per heavy atom.